The van der Waals surface area contributed by atoms with Gasteiger partial charge in [-0.3, -0.25) is 14.8 Å². The number of fused-ring (bicyclic) bond motifs is 1. The van der Waals surface area contributed by atoms with Crippen molar-refractivity contribution >= 4 is 10.9 Å². The van der Waals surface area contributed by atoms with Crippen LogP contribution in [0.5, 0.6) is 0 Å². The topological polar surface area (TPSA) is 63.0 Å². The standard InChI is InChI=1S/C30H33F6N7/c1-19(41(2)25-9-5-6-10-25)28-22(14-21-8-4-7-11-26(21)37-28)17-43(18-27-38-40-42(3)39-27)16-20-12-23(29(31,32)33)15-24(13-20)30(34,35)36/h4,7-8,11-15,19,25H,5-6,9-10,16-18H2,1-3H3. The first-order valence-corrected chi connectivity index (χ1v) is 14.1. The van der Waals surface area contributed by atoms with E-state index in [1.807, 2.05) is 30.3 Å². The number of halogens is 6. The molecule has 5 rings (SSSR count). The smallest absolute Gasteiger partial charge is 0.295 e. The van der Waals surface area contributed by atoms with Gasteiger partial charge in [-0.2, -0.15) is 31.1 Å². The van der Waals surface area contributed by atoms with E-state index in [2.05, 4.69) is 34.3 Å². The number of nitrogens with zero attached hydrogens (tertiary/aromatic N) is 7. The highest BCUT2D eigenvalue weighted by Gasteiger charge is 2.37. The molecule has 0 saturated heterocycles. The molecule has 2 aromatic heterocycles. The summed E-state index contributed by atoms with van der Waals surface area (Å²) in [5.41, 5.74) is -0.391. The van der Waals surface area contributed by atoms with Crippen molar-refractivity contribution in [1.82, 2.24) is 35.0 Å². The zero-order valence-electron chi connectivity index (χ0n) is 24.1. The fourth-order valence-electron chi connectivity index (χ4n) is 5.85. The second kappa shape index (κ2) is 12.2. The highest BCUT2D eigenvalue weighted by molar-refractivity contribution is 5.79. The number of aromatic nitrogens is 5. The molecule has 0 bridgehead atoms. The summed E-state index contributed by atoms with van der Waals surface area (Å²) in [6.07, 6.45) is -5.38. The van der Waals surface area contributed by atoms with Crippen LogP contribution in [0.4, 0.5) is 26.3 Å². The Labute approximate surface area is 245 Å². The molecule has 7 nitrogen and oxygen atoms in total. The Morgan fingerprint density at radius 3 is 2.16 bits per heavy atom. The average molecular weight is 606 g/mol. The molecule has 4 aromatic rings. The van der Waals surface area contributed by atoms with Crippen LogP contribution in [0.1, 0.15) is 72.4 Å². The molecule has 1 fully saturated rings. The molecule has 230 valence electrons. The van der Waals surface area contributed by atoms with Crippen LogP contribution < -0.4 is 0 Å². The van der Waals surface area contributed by atoms with E-state index in [0.717, 1.165) is 60.0 Å². The van der Waals surface area contributed by atoms with E-state index in [1.165, 1.54) is 4.80 Å². The SMILES string of the molecule is CC(c1nc2ccccc2cc1CN(Cc1cc(C(F)(F)F)cc(C(F)(F)F)c1)Cc1nnn(C)n1)N(C)C1CCCC1. The number of para-hydroxylation sites is 1. The normalized spacial score (nSPS) is 15.7. The molecule has 1 aliphatic carbocycles. The van der Waals surface area contributed by atoms with Gasteiger partial charge in [0, 0.05) is 30.6 Å². The molecule has 2 aromatic carbocycles. The second-order valence-corrected chi connectivity index (χ2v) is 11.3. The molecular weight excluding hydrogens is 572 g/mol. The quantitative estimate of drug-likeness (QED) is 0.193. The van der Waals surface area contributed by atoms with Gasteiger partial charge < -0.3 is 0 Å². The first-order chi connectivity index (χ1) is 20.3. The van der Waals surface area contributed by atoms with Crippen molar-refractivity contribution < 1.29 is 26.3 Å². The summed E-state index contributed by atoms with van der Waals surface area (Å²) < 4.78 is 81.8. The lowest BCUT2D eigenvalue weighted by atomic mass is 10.0. The molecule has 0 spiro atoms. The number of hydrogen-bond donors (Lipinski definition) is 0. The van der Waals surface area contributed by atoms with Gasteiger partial charge in [-0.15, -0.1) is 10.2 Å². The van der Waals surface area contributed by atoms with Gasteiger partial charge in [-0.1, -0.05) is 31.0 Å². The molecular formula is C30H33F6N7. The third-order valence-electron chi connectivity index (χ3n) is 8.11. The van der Waals surface area contributed by atoms with Gasteiger partial charge in [0.1, 0.15) is 0 Å². The molecule has 0 N–H and O–H groups in total. The van der Waals surface area contributed by atoms with Crippen LogP contribution in [0.2, 0.25) is 0 Å². The molecule has 1 unspecified atom stereocenters. The van der Waals surface area contributed by atoms with Crippen LogP contribution in [-0.4, -0.2) is 48.1 Å². The number of benzene rings is 2. The Morgan fingerprint density at radius 2 is 1.56 bits per heavy atom. The summed E-state index contributed by atoms with van der Waals surface area (Å²) in [6.45, 7) is 2.09. The molecule has 13 heteroatoms. The number of aryl methyl sites for hydroxylation is 1. The highest BCUT2D eigenvalue weighted by atomic mass is 19.4. The van der Waals surface area contributed by atoms with Gasteiger partial charge in [-0.05, 0) is 73.5 Å². The predicted octanol–water partition coefficient (Wildman–Crippen LogP) is 6.93. The van der Waals surface area contributed by atoms with Gasteiger partial charge in [-0.25, -0.2) is 0 Å². The van der Waals surface area contributed by atoms with Crippen LogP contribution in [-0.2, 0) is 39.0 Å². The van der Waals surface area contributed by atoms with E-state index in [9.17, 15) is 26.3 Å². The van der Waals surface area contributed by atoms with Crippen molar-refractivity contribution in [2.45, 2.75) is 76.7 Å². The predicted molar refractivity (Wildman–Crippen MR) is 148 cm³/mol. The van der Waals surface area contributed by atoms with Crippen LogP contribution in [0.25, 0.3) is 10.9 Å². The number of alkyl halides is 6. The van der Waals surface area contributed by atoms with E-state index in [0.29, 0.717) is 6.04 Å². The lowest BCUT2D eigenvalue weighted by Crippen LogP contribution is -2.33. The van der Waals surface area contributed by atoms with Gasteiger partial charge in [0.25, 0.3) is 0 Å². The highest BCUT2D eigenvalue weighted by Crippen LogP contribution is 2.37. The Kier molecular flexibility index (Phi) is 8.75. The van der Waals surface area contributed by atoms with E-state index >= 15 is 0 Å². The number of hydrogen-bond acceptors (Lipinski definition) is 6. The monoisotopic (exact) mass is 605 g/mol. The summed E-state index contributed by atoms with van der Waals surface area (Å²) >= 11 is 0. The number of pyridine rings is 1. The van der Waals surface area contributed by atoms with E-state index in [1.54, 1.807) is 11.9 Å². The maximum atomic E-state index is 13.6. The van der Waals surface area contributed by atoms with Gasteiger partial charge >= 0.3 is 12.4 Å². The van der Waals surface area contributed by atoms with E-state index in [-0.39, 0.29) is 43.1 Å². The second-order valence-electron chi connectivity index (χ2n) is 11.3. The zero-order chi connectivity index (χ0) is 30.9. The van der Waals surface area contributed by atoms with Crippen molar-refractivity contribution in [2.24, 2.45) is 7.05 Å². The number of rotatable bonds is 9. The first-order valence-electron chi connectivity index (χ1n) is 14.1. The lowest BCUT2D eigenvalue weighted by Gasteiger charge is -2.32. The Hall–Kier alpha value is -3.58. The third kappa shape index (κ3) is 7.32. The average Bonchev–Trinajstić information content (AvgIpc) is 3.63. The minimum Gasteiger partial charge on any atom is -0.295 e. The van der Waals surface area contributed by atoms with Crippen molar-refractivity contribution in [1.29, 1.82) is 0 Å². The van der Waals surface area contributed by atoms with Crippen LogP contribution in [0.3, 0.4) is 0 Å². The summed E-state index contributed by atoms with van der Waals surface area (Å²) in [7, 11) is 3.65. The zero-order valence-corrected chi connectivity index (χ0v) is 24.1. The molecule has 0 amide bonds. The lowest BCUT2D eigenvalue weighted by molar-refractivity contribution is -0.143. The minimum atomic E-state index is -4.94. The third-order valence-corrected chi connectivity index (χ3v) is 8.11. The van der Waals surface area contributed by atoms with E-state index in [4.69, 9.17) is 4.98 Å². The Balaban J connectivity index is 1.55. The van der Waals surface area contributed by atoms with Crippen molar-refractivity contribution in [3.8, 4) is 0 Å². The first kappa shape index (κ1) is 30.9. The molecule has 1 aliphatic rings. The van der Waals surface area contributed by atoms with Crippen LogP contribution in [0.15, 0.2) is 48.5 Å². The maximum Gasteiger partial charge on any atom is 0.416 e. The minimum absolute atomic E-state index is 0.0462. The van der Waals surface area contributed by atoms with Gasteiger partial charge in [0.15, 0.2) is 5.82 Å². The molecule has 2 heterocycles. The molecule has 1 saturated carbocycles. The maximum absolute atomic E-state index is 13.6. The summed E-state index contributed by atoms with van der Waals surface area (Å²) in [6, 6.07) is 11.7. The summed E-state index contributed by atoms with van der Waals surface area (Å²) in [5.74, 6) is 0.289. The van der Waals surface area contributed by atoms with E-state index < -0.39 is 23.5 Å². The molecule has 1 atom stereocenters. The fourth-order valence-corrected chi connectivity index (χ4v) is 5.85. The summed E-state index contributed by atoms with van der Waals surface area (Å²) in [5, 5.41) is 12.9. The molecule has 0 aliphatic heterocycles. The molecule has 0 radical (unpaired) electrons. The molecule has 43 heavy (non-hydrogen) atoms. The number of tetrazole rings is 1. The van der Waals surface area contributed by atoms with Crippen LogP contribution >= 0.6 is 0 Å². The Morgan fingerprint density at radius 1 is 0.907 bits per heavy atom. The van der Waals surface area contributed by atoms with Gasteiger partial charge in [0.2, 0.25) is 0 Å². The fraction of sp³-hybridized carbons (Fsp3) is 0.467. The Bertz CT molecular complexity index is 1530. The van der Waals surface area contributed by atoms with Gasteiger partial charge in [0.05, 0.1) is 35.9 Å². The van der Waals surface area contributed by atoms with Crippen molar-refractivity contribution in [3.05, 3.63) is 82.3 Å². The van der Waals surface area contributed by atoms with Crippen molar-refractivity contribution in [3.63, 3.8) is 0 Å². The van der Waals surface area contributed by atoms with Crippen molar-refractivity contribution in [2.75, 3.05) is 7.05 Å². The largest absolute Gasteiger partial charge is 0.416 e. The summed E-state index contributed by atoms with van der Waals surface area (Å²) in [4.78, 5) is 10.3. The van der Waals surface area contributed by atoms with Crippen LogP contribution in [0, 0.1) is 0 Å².